The van der Waals surface area contributed by atoms with Gasteiger partial charge in [0, 0.05) is 16.5 Å². The average Bonchev–Trinajstić information content (AvgIpc) is 2.81. The van der Waals surface area contributed by atoms with Gasteiger partial charge in [0.15, 0.2) is 5.78 Å². The second kappa shape index (κ2) is 4.82. The highest BCUT2D eigenvalue weighted by atomic mass is 35.5. The zero-order valence-corrected chi connectivity index (χ0v) is 11.6. The number of rotatable bonds is 2. The zero-order chi connectivity index (χ0) is 13.4. The van der Waals surface area contributed by atoms with Gasteiger partial charge < -0.3 is 0 Å². The second-order valence-corrected chi connectivity index (χ2v) is 5.63. The molecule has 0 amide bonds. The standard InChI is InChI=1S/C17H15ClO/c1-11-8-15(18)6-7-16(11)17(19)14-9-12-4-2-3-5-13(12)10-14/h2-8,14H,9-10H2,1H3. The fourth-order valence-electron chi connectivity index (χ4n) is 2.87. The van der Waals surface area contributed by atoms with Gasteiger partial charge in [-0.15, -0.1) is 0 Å². The molecule has 19 heavy (non-hydrogen) atoms. The van der Waals surface area contributed by atoms with Crippen molar-refractivity contribution in [3.8, 4) is 0 Å². The molecule has 0 unspecified atom stereocenters. The van der Waals surface area contributed by atoms with Crippen LogP contribution >= 0.6 is 11.6 Å². The van der Waals surface area contributed by atoms with E-state index in [2.05, 4.69) is 12.1 Å². The molecule has 2 heteroatoms. The third kappa shape index (κ3) is 2.31. The minimum absolute atomic E-state index is 0.0808. The van der Waals surface area contributed by atoms with E-state index in [9.17, 15) is 4.79 Å². The number of Topliss-reactive ketones (excluding diaryl/α,β-unsaturated/α-hetero) is 1. The Morgan fingerprint density at radius 2 is 1.74 bits per heavy atom. The molecule has 0 atom stereocenters. The van der Waals surface area contributed by atoms with Crippen molar-refractivity contribution in [1.82, 2.24) is 0 Å². The molecule has 2 aromatic carbocycles. The van der Waals surface area contributed by atoms with E-state index in [0.717, 1.165) is 24.0 Å². The van der Waals surface area contributed by atoms with E-state index in [4.69, 9.17) is 11.6 Å². The van der Waals surface area contributed by atoms with E-state index in [1.807, 2.05) is 31.2 Å². The predicted molar refractivity (Wildman–Crippen MR) is 77.9 cm³/mol. The molecule has 0 aliphatic heterocycles. The number of aryl methyl sites for hydroxylation is 1. The van der Waals surface area contributed by atoms with E-state index in [-0.39, 0.29) is 11.7 Å². The van der Waals surface area contributed by atoms with Crippen LogP contribution in [0.3, 0.4) is 0 Å². The summed E-state index contributed by atoms with van der Waals surface area (Å²) in [5.41, 5.74) is 4.40. The van der Waals surface area contributed by atoms with E-state index in [0.29, 0.717) is 5.02 Å². The van der Waals surface area contributed by atoms with Crippen molar-refractivity contribution in [2.24, 2.45) is 5.92 Å². The summed E-state index contributed by atoms with van der Waals surface area (Å²) in [4.78, 5) is 12.6. The van der Waals surface area contributed by atoms with Crippen LogP contribution in [0.25, 0.3) is 0 Å². The van der Waals surface area contributed by atoms with Gasteiger partial charge >= 0.3 is 0 Å². The molecule has 1 aliphatic rings. The Morgan fingerprint density at radius 1 is 1.11 bits per heavy atom. The fourth-order valence-corrected chi connectivity index (χ4v) is 3.09. The lowest BCUT2D eigenvalue weighted by Crippen LogP contribution is -2.16. The van der Waals surface area contributed by atoms with Crippen molar-refractivity contribution < 1.29 is 4.79 Å². The number of hydrogen-bond donors (Lipinski definition) is 0. The summed E-state index contributed by atoms with van der Waals surface area (Å²) < 4.78 is 0. The summed E-state index contributed by atoms with van der Waals surface area (Å²) in [5.74, 6) is 0.322. The third-order valence-corrected chi connectivity index (χ3v) is 4.11. The number of halogens is 1. The van der Waals surface area contributed by atoms with Crippen molar-refractivity contribution >= 4 is 17.4 Å². The Bertz CT molecular complexity index is 620. The van der Waals surface area contributed by atoms with Crippen LogP contribution in [0.2, 0.25) is 5.02 Å². The first-order valence-electron chi connectivity index (χ1n) is 6.52. The Labute approximate surface area is 118 Å². The first kappa shape index (κ1) is 12.4. The summed E-state index contributed by atoms with van der Waals surface area (Å²) in [7, 11) is 0. The molecule has 0 heterocycles. The minimum atomic E-state index is 0.0808. The van der Waals surface area contributed by atoms with Crippen molar-refractivity contribution in [3.05, 3.63) is 69.7 Å². The van der Waals surface area contributed by atoms with Crippen LogP contribution in [-0.2, 0) is 12.8 Å². The van der Waals surface area contributed by atoms with Gasteiger partial charge in [-0.1, -0.05) is 35.9 Å². The molecular formula is C17H15ClO. The molecule has 0 fully saturated rings. The largest absolute Gasteiger partial charge is 0.294 e. The number of fused-ring (bicyclic) bond motifs is 1. The Kier molecular flexibility index (Phi) is 3.16. The molecule has 0 N–H and O–H groups in total. The Hall–Kier alpha value is -1.60. The Balaban J connectivity index is 1.87. The minimum Gasteiger partial charge on any atom is -0.294 e. The fraction of sp³-hybridized carbons (Fsp3) is 0.235. The van der Waals surface area contributed by atoms with Crippen LogP contribution < -0.4 is 0 Å². The van der Waals surface area contributed by atoms with Gasteiger partial charge in [-0.3, -0.25) is 4.79 Å². The van der Waals surface area contributed by atoms with E-state index < -0.39 is 0 Å². The summed E-state index contributed by atoms with van der Waals surface area (Å²) in [6.07, 6.45) is 1.72. The second-order valence-electron chi connectivity index (χ2n) is 5.20. The van der Waals surface area contributed by atoms with E-state index in [1.54, 1.807) is 6.07 Å². The highest BCUT2D eigenvalue weighted by Crippen LogP contribution is 2.30. The van der Waals surface area contributed by atoms with Crippen molar-refractivity contribution in [2.75, 3.05) is 0 Å². The smallest absolute Gasteiger partial charge is 0.166 e. The van der Waals surface area contributed by atoms with Crippen LogP contribution in [0, 0.1) is 12.8 Å². The molecule has 96 valence electrons. The molecule has 2 aromatic rings. The first-order chi connectivity index (χ1) is 9.15. The zero-order valence-electron chi connectivity index (χ0n) is 10.8. The molecule has 1 aliphatic carbocycles. The van der Waals surface area contributed by atoms with Crippen molar-refractivity contribution in [2.45, 2.75) is 19.8 Å². The summed E-state index contributed by atoms with van der Waals surface area (Å²) in [5, 5.41) is 0.684. The van der Waals surface area contributed by atoms with Crippen LogP contribution in [0.15, 0.2) is 42.5 Å². The molecule has 0 bridgehead atoms. The number of carbonyl (C=O) groups is 1. The van der Waals surface area contributed by atoms with Gasteiger partial charge in [0.25, 0.3) is 0 Å². The molecule has 0 spiro atoms. The Morgan fingerprint density at radius 3 is 2.32 bits per heavy atom. The van der Waals surface area contributed by atoms with Gasteiger partial charge in [-0.2, -0.15) is 0 Å². The summed E-state index contributed by atoms with van der Waals surface area (Å²) >= 11 is 5.94. The highest BCUT2D eigenvalue weighted by Gasteiger charge is 2.28. The van der Waals surface area contributed by atoms with E-state index in [1.165, 1.54) is 11.1 Å². The lowest BCUT2D eigenvalue weighted by molar-refractivity contribution is 0.0924. The quantitative estimate of drug-likeness (QED) is 0.746. The van der Waals surface area contributed by atoms with Gasteiger partial charge in [0.05, 0.1) is 0 Å². The van der Waals surface area contributed by atoms with Gasteiger partial charge in [0.1, 0.15) is 0 Å². The SMILES string of the molecule is Cc1cc(Cl)ccc1C(=O)C1Cc2ccccc2C1. The maximum atomic E-state index is 12.6. The van der Waals surface area contributed by atoms with Gasteiger partial charge in [-0.05, 0) is 54.7 Å². The van der Waals surface area contributed by atoms with Crippen LogP contribution in [0.5, 0.6) is 0 Å². The molecule has 1 nitrogen and oxygen atoms in total. The predicted octanol–water partition coefficient (Wildman–Crippen LogP) is 4.25. The highest BCUT2D eigenvalue weighted by molar-refractivity contribution is 6.30. The lowest BCUT2D eigenvalue weighted by Gasteiger charge is -2.10. The average molecular weight is 271 g/mol. The summed E-state index contributed by atoms with van der Waals surface area (Å²) in [6.45, 7) is 1.95. The number of carbonyl (C=O) groups excluding carboxylic acids is 1. The maximum absolute atomic E-state index is 12.6. The van der Waals surface area contributed by atoms with Gasteiger partial charge in [-0.25, -0.2) is 0 Å². The molecule has 0 radical (unpaired) electrons. The summed E-state index contributed by atoms with van der Waals surface area (Å²) in [6, 6.07) is 13.8. The molecule has 3 rings (SSSR count). The topological polar surface area (TPSA) is 17.1 Å². The van der Waals surface area contributed by atoms with Crippen molar-refractivity contribution in [3.63, 3.8) is 0 Å². The van der Waals surface area contributed by atoms with Crippen LogP contribution in [0.1, 0.15) is 27.0 Å². The normalized spacial score (nSPS) is 14.4. The monoisotopic (exact) mass is 270 g/mol. The number of benzene rings is 2. The molecule has 0 saturated heterocycles. The molecule has 0 saturated carbocycles. The third-order valence-electron chi connectivity index (χ3n) is 3.88. The maximum Gasteiger partial charge on any atom is 0.166 e. The number of ketones is 1. The van der Waals surface area contributed by atoms with Crippen molar-refractivity contribution in [1.29, 1.82) is 0 Å². The molecular weight excluding hydrogens is 256 g/mol. The van der Waals surface area contributed by atoms with Crippen LogP contribution in [-0.4, -0.2) is 5.78 Å². The van der Waals surface area contributed by atoms with Gasteiger partial charge in [0.2, 0.25) is 0 Å². The lowest BCUT2D eigenvalue weighted by atomic mass is 9.92. The first-order valence-corrected chi connectivity index (χ1v) is 6.90. The number of hydrogen-bond acceptors (Lipinski definition) is 1. The van der Waals surface area contributed by atoms with Crippen LogP contribution in [0.4, 0.5) is 0 Å². The van der Waals surface area contributed by atoms with E-state index >= 15 is 0 Å². The molecule has 0 aromatic heterocycles.